The number of nitrogens with zero attached hydrogens (tertiary/aromatic N) is 1. The summed E-state index contributed by atoms with van der Waals surface area (Å²) in [5.74, 6) is 0.0184. The van der Waals surface area contributed by atoms with Gasteiger partial charge in [-0.15, -0.1) is 6.58 Å². The molecule has 0 fully saturated rings. The molecule has 1 atom stereocenters. The van der Waals surface area contributed by atoms with Gasteiger partial charge in [0.05, 0.1) is 19.9 Å². The van der Waals surface area contributed by atoms with E-state index < -0.39 is 5.41 Å². The van der Waals surface area contributed by atoms with Gasteiger partial charge in [0.15, 0.2) is 0 Å². The highest BCUT2D eigenvalue weighted by molar-refractivity contribution is 5.84. The number of aliphatic hydroxyl groups excluding tert-OH is 1. The first-order valence-corrected chi connectivity index (χ1v) is 6.68. The summed E-state index contributed by atoms with van der Waals surface area (Å²) in [4.78, 5) is 4.04. The molecular formula is C17H16FNO2. The number of methoxy groups -OCH3 is 1. The standard InChI is InChI=1S/C17H16FNO2/c1-4-17(2)12-7-10(9-20)5-6-11(12)14-13(18)8-19-16(21-3)15(14)17/h4-8,20H,1,9H2,2-3H3. The van der Waals surface area contributed by atoms with Gasteiger partial charge in [-0.2, -0.15) is 0 Å². The molecule has 0 saturated heterocycles. The van der Waals surface area contributed by atoms with Gasteiger partial charge in [0.25, 0.3) is 0 Å². The first kappa shape index (κ1) is 13.8. The zero-order chi connectivity index (χ0) is 15.2. The minimum Gasteiger partial charge on any atom is -0.481 e. The minimum absolute atomic E-state index is 0.0608. The van der Waals surface area contributed by atoms with Crippen LogP contribution < -0.4 is 4.74 Å². The van der Waals surface area contributed by atoms with Gasteiger partial charge in [0, 0.05) is 16.5 Å². The first-order valence-electron chi connectivity index (χ1n) is 6.68. The Morgan fingerprint density at radius 2 is 2.24 bits per heavy atom. The van der Waals surface area contributed by atoms with Crippen molar-refractivity contribution in [2.45, 2.75) is 18.9 Å². The Labute approximate surface area is 122 Å². The van der Waals surface area contributed by atoms with Gasteiger partial charge >= 0.3 is 0 Å². The number of ether oxygens (including phenoxy) is 1. The molecule has 1 aliphatic carbocycles. The SMILES string of the molecule is C=CC1(C)c2cc(CO)ccc2-c2c(F)cnc(OC)c21. The molecule has 0 radical (unpaired) electrons. The highest BCUT2D eigenvalue weighted by atomic mass is 19.1. The number of allylic oxidation sites excluding steroid dienone is 1. The molecule has 1 aromatic heterocycles. The number of benzene rings is 1. The summed E-state index contributed by atoms with van der Waals surface area (Å²) in [6.45, 7) is 5.80. The molecule has 4 heteroatoms. The summed E-state index contributed by atoms with van der Waals surface area (Å²) in [5, 5.41) is 9.35. The van der Waals surface area contributed by atoms with Crippen LogP contribution in [0.2, 0.25) is 0 Å². The van der Waals surface area contributed by atoms with Crippen molar-refractivity contribution in [1.82, 2.24) is 4.98 Å². The van der Waals surface area contributed by atoms with Crippen molar-refractivity contribution >= 4 is 0 Å². The third-order valence-corrected chi connectivity index (χ3v) is 4.21. The number of aliphatic hydroxyl groups is 1. The number of pyridine rings is 1. The van der Waals surface area contributed by atoms with E-state index in [-0.39, 0.29) is 12.4 Å². The maximum atomic E-state index is 14.3. The Morgan fingerprint density at radius 1 is 1.48 bits per heavy atom. The van der Waals surface area contributed by atoms with Crippen LogP contribution >= 0.6 is 0 Å². The quantitative estimate of drug-likeness (QED) is 0.881. The van der Waals surface area contributed by atoms with E-state index in [1.807, 2.05) is 19.1 Å². The molecule has 1 aromatic carbocycles. The average Bonchev–Trinajstić information content (AvgIpc) is 2.79. The van der Waals surface area contributed by atoms with Crippen molar-refractivity contribution < 1.29 is 14.2 Å². The lowest BCUT2D eigenvalue weighted by molar-refractivity contribution is 0.281. The molecule has 3 rings (SSSR count). The molecule has 2 aromatic rings. The Hall–Kier alpha value is -2.20. The van der Waals surface area contributed by atoms with Crippen LogP contribution in [0.3, 0.4) is 0 Å². The van der Waals surface area contributed by atoms with Crippen LogP contribution in [0.4, 0.5) is 4.39 Å². The van der Waals surface area contributed by atoms with Crippen LogP contribution in [0.1, 0.15) is 23.6 Å². The molecule has 1 unspecified atom stereocenters. The Bertz CT molecular complexity index is 742. The van der Waals surface area contributed by atoms with Crippen LogP contribution in [0.15, 0.2) is 37.1 Å². The Morgan fingerprint density at radius 3 is 2.86 bits per heavy atom. The summed E-state index contributed by atoms with van der Waals surface area (Å²) < 4.78 is 19.7. The Balaban J connectivity index is 2.42. The van der Waals surface area contributed by atoms with Gasteiger partial charge in [-0.3, -0.25) is 0 Å². The molecule has 1 N–H and O–H groups in total. The summed E-state index contributed by atoms with van der Waals surface area (Å²) in [6.07, 6.45) is 2.94. The molecule has 1 aliphatic rings. The van der Waals surface area contributed by atoms with Crippen LogP contribution in [-0.2, 0) is 12.0 Å². The topological polar surface area (TPSA) is 42.4 Å². The molecule has 108 valence electrons. The lowest BCUT2D eigenvalue weighted by Crippen LogP contribution is -2.19. The van der Waals surface area contributed by atoms with E-state index in [9.17, 15) is 9.50 Å². The molecular weight excluding hydrogens is 269 g/mol. The van der Waals surface area contributed by atoms with Crippen molar-refractivity contribution in [2.75, 3.05) is 7.11 Å². The largest absolute Gasteiger partial charge is 0.481 e. The van der Waals surface area contributed by atoms with E-state index in [2.05, 4.69) is 11.6 Å². The maximum absolute atomic E-state index is 14.3. The predicted molar refractivity (Wildman–Crippen MR) is 78.8 cm³/mol. The number of hydrogen-bond donors (Lipinski definition) is 1. The third-order valence-electron chi connectivity index (χ3n) is 4.21. The third kappa shape index (κ3) is 1.72. The zero-order valence-electron chi connectivity index (χ0n) is 12.0. The smallest absolute Gasteiger partial charge is 0.218 e. The fourth-order valence-electron chi connectivity index (χ4n) is 3.05. The van der Waals surface area contributed by atoms with E-state index in [1.165, 1.54) is 13.3 Å². The molecule has 3 nitrogen and oxygen atoms in total. The normalized spacial score (nSPS) is 19.0. The van der Waals surface area contributed by atoms with E-state index in [1.54, 1.807) is 12.1 Å². The number of aromatic nitrogens is 1. The van der Waals surface area contributed by atoms with Crippen LogP contribution in [0.5, 0.6) is 5.88 Å². The number of hydrogen-bond acceptors (Lipinski definition) is 3. The van der Waals surface area contributed by atoms with Crippen LogP contribution in [0.25, 0.3) is 11.1 Å². The van der Waals surface area contributed by atoms with E-state index in [0.29, 0.717) is 17.0 Å². The fraction of sp³-hybridized carbons (Fsp3) is 0.235. The van der Waals surface area contributed by atoms with Crippen molar-refractivity contribution in [1.29, 1.82) is 0 Å². The summed E-state index contributed by atoms with van der Waals surface area (Å²) >= 11 is 0. The average molecular weight is 285 g/mol. The second-order valence-corrected chi connectivity index (χ2v) is 5.31. The maximum Gasteiger partial charge on any atom is 0.218 e. The lowest BCUT2D eigenvalue weighted by Gasteiger charge is -2.24. The van der Waals surface area contributed by atoms with Crippen molar-refractivity contribution in [3.63, 3.8) is 0 Å². The molecule has 0 saturated carbocycles. The number of rotatable bonds is 3. The van der Waals surface area contributed by atoms with Gasteiger partial charge in [0.1, 0.15) is 5.82 Å². The van der Waals surface area contributed by atoms with Crippen molar-refractivity contribution in [2.24, 2.45) is 0 Å². The predicted octanol–water partition coefficient (Wildman–Crippen LogP) is 3.19. The molecule has 0 amide bonds. The summed E-state index contributed by atoms with van der Waals surface area (Å²) in [6, 6.07) is 5.51. The highest BCUT2D eigenvalue weighted by Gasteiger charge is 2.42. The molecule has 21 heavy (non-hydrogen) atoms. The van der Waals surface area contributed by atoms with E-state index in [0.717, 1.165) is 16.7 Å². The van der Waals surface area contributed by atoms with Crippen LogP contribution in [-0.4, -0.2) is 17.2 Å². The first-order chi connectivity index (χ1) is 10.1. The summed E-state index contributed by atoms with van der Waals surface area (Å²) in [5.41, 5.74) is 3.07. The highest BCUT2D eigenvalue weighted by Crippen LogP contribution is 2.53. The molecule has 1 heterocycles. The van der Waals surface area contributed by atoms with Crippen LogP contribution in [0, 0.1) is 5.82 Å². The zero-order valence-corrected chi connectivity index (χ0v) is 12.0. The fourth-order valence-corrected chi connectivity index (χ4v) is 3.05. The molecule has 0 bridgehead atoms. The van der Waals surface area contributed by atoms with Gasteiger partial charge in [-0.05, 0) is 23.6 Å². The van der Waals surface area contributed by atoms with E-state index >= 15 is 0 Å². The number of halogens is 1. The molecule has 0 aliphatic heterocycles. The van der Waals surface area contributed by atoms with Gasteiger partial charge in [-0.1, -0.05) is 24.3 Å². The van der Waals surface area contributed by atoms with Gasteiger partial charge in [0.2, 0.25) is 5.88 Å². The van der Waals surface area contributed by atoms with Crippen molar-refractivity contribution in [3.8, 4) is 17.0 Å². The molecule has 0 spiro atoms. The Kier molecular flexibility index (Phi) is 3.06. The second-order valence-electron chi connectivity index (χ2n) is 5.31. The van der Waals surface area contributed by atoms with E-state index in [4.69, 9.17) is 4.74 Å². The summed E-state index contributed by atoms with van der Waals surface area (Å²) in [7, 11) is 1.52. The lowest BCUT2D eigenvalue weighted by atomic mass is 9.80. The minimum atomic E-state index is -0.601. The van der Waals surface area contributed by atoms with Crippen molar-refractivity contribution in [3.05, 3.63) is 59.6 Å². The van der Waals surface area contributed by atoms with Gasteiger partial charge < -0.3 is 9.84 Å². The second kappa shape index (κ2) is 4.67. The number of fused-ring (bicyclic) bond motifs is 3. The monoisotopic (exact) mass is 285 g/mol. The van der Waals surface area contributed by atoms with Gasteiger partial charge in [-0.25, -0.2) is 9.37 Å².